The molecule has 7 heteroatoms. The second-order valence-electron chi connectivity index (χ2n) is 4.07. The van der Waals surface area contributed by atoms with Crippen molar-refractivity contribution in [2.24, 2.45) is 0 Å². The van der Waals surface area contributed by atoms with Crippen LogP contribution < -0.4 is 14.8 Å². The first-order chi connectivity index (χ1) is 10.0. The van der Waals surface area contributed by atoms with Crippen molar-refractivity contribution in [3.8, 4) is 11.5 Å². The van der Waals surface area contributed by atoms with E-state index in [4.69, 9.17) is 19.3 Å². The molecular weight excluding hydrogens is 278 g/mol. The zero-order chi connectivity index (χ0) is 15.8. The highest BCUT2D eigenvalue weighted by Gasteiger charge is 2.18. The number of nitrogens with one attached hydrogen (secondary N) is 1. The van der Waals surface area contributed by atoms with Crippen LogP contribution in [0.5, 0.6) is 11.5 Å². The fourth-order valence-corrected chi connectivity index (χ4v) is 1.65. The minimum Gasteiger partial charge on any atom is -0.493 e. The Morgan fingerprint density at radius 1 is 1.29 bits per heavy atom. The Hall–Kier alpha value is -2.28. The molecule has 0 saturated heterocycles. The van der Waals surface area contributed by atoms with Crippen molar-refractivity contribution in [2.75, 3.05) is 27.4 Å². The molecule has 0 aliphatic heterocycles. The standard InChI is InChI=1S/C14H19NO6/c1-4-21-11-7-9(5-6-10(11)19-2)13(16)15-8-12(20-3)14(17)18/h5-7,12H,4,8H2,1-3H3,(H,15,16)(H,17,18). The molecule has 1 rings (SSSR count). The number of rotatable bonds is 8. The van der Waals surface area contributed by atoms with Crippen LogP contribution in [0.15, 0.2) is 18.2 Å². The van der Waals surface area contributed by atoms with Crippen molar-refractivity contribution in [2.45, 2.75) is 13.0 Å². The molecule has 0 spiro atoms. The van der Waals surface area contributed by atoms with Gasteiger partial charge in [0.05, 0.1) is 20.3 Å². The Kier molecular flexibility index (Phi) is 6.48. The smallest absolute Gasteiger partial charge is 0.334 e. The molecule has 0 radical (unpaired) electrons. The van der Waals surface area contributed by atoms with E-state index in [0.29, 0.717) is 23.7 Å². The number of hydrogen-bond acceptors (Lipinski definition) is 5. The van der Waals surface area contributed by atoms with Gasteiger partial charge >= 0.3 is 5.97 Å². The van der Waals surface area contributed by atoms with Crippen LogP contribution in [-0.2, 0) is 9.53 Å². The van der Waals surface area contributed by atoms with Gasteiger partial charge in [0.15, 0.2) is 17.6 Å². The predicted molar refractivity (Wildman–Crippen MR) is 74.9 cm³/mol. The lowest BCUT2D eigenvalue weighted by Gasteiger charge is -2.13. The molecule has 0 aliphatic carbocycles. The lowest BCUT2D eigenvalue weighted by molar-refractivity contribution is -0.148. The molecule has 116 valence electrons. The van der Waals surface area contributed by atoms with Crippen molar-refractivity contribution in [3.05, 3.63) is 23.8 Å². The lowest BCUT2D eigenvalue weighted by Crippen LogP contribution is -2.37. The third kappa shape index (κ3) is 4.64. The summed E-state index contributed by atoms with van der Waals surface area (Å²) in [5, 5.41) is 11.3. The summed E-state index contributed by atoms with van der Waals surface area (Å²) in [7, 11) is 2.78. The molecule has 0 fully saturated rings. The third-order valence-corrected chi connectivity index (χ3v) is 2.73. The van der Waals surface area contributed by atoms with Gasteiger partial charge in [0, 0.05) is 12.7 Å². The van der Waals surface area contributed by atoms with E-state index in [2.05, 4.69) is 5.32 Å². The molecular formula is C14H19NO6. The summed E-state index contributed by atoms with van der Waals surface area (Å²) in [6.07, 6.45) is -1.08. The van der Waals surface area contributed by atoms with Crippen LogP contribution in [-0.4, -0.2) is 50.5 Å². The van der Waals surface area contributed by atoms with Gasteiger partial charge in [-0.1, -0.05) is 0 Å². The second-order valence-corrected chi connectivity index (χ2v) is 4.07. The summed E-state index contributed by atoms with van der Waals surface area (Å²) in [6.45, 7) is 2.13. The van der Waals surface area contributed by atoms with E-state index < -0.39 is 18.0 Å². The van der Waals surface area contributed by atoms with E-state index in [9.17, 15) is 9.59 Å². The SMILES string of the molecule is CCOc1cc(C(=O)NCC(OC)C(=O)O)ccc1OC. The molecule has 1 unspecified atom stereocenters. The highest BCUT2D eigenvalue weighted by Crippen LogP contribution is 2.27. The minimum absolute atomic E-state index is 0.124. The predicted octanol–water partition coefficient (Wildman–Crippen LogP) is 0.923. The average Bonchev–Trinajstić information content (AvgIpc) is 2.47. The van der Waals surface area contributed by atoms with E-state index in [0.717, 1.165) is 0 Å². The molecule has 1 aromatic rings. The van der Waals surface area contributed by atoms with Crippen LogP contribution in [0, 0.1) is 0 Å². The first-order valence-corrected chi connectivity index (χ1v) is 6.38. The second kappa shape index (κ2) is 8.11. The molecule has 21 heavy (non-hydrogen) atoms. The quantitative estimate of drug-likeness (QED) is 0.741. The van der Waals surface area contributed by atoms with Crippen LogP contribution >= 0.6 is 0 Å². The van der Waals surface area contributed by atoms with Gasteiger partial charge in [0.2, 0.25) is 0 Å². The number of benzene rings is 1. The molecule has 1 amide bonds. The molecule has 7 nitrogen and oxygen atoms in total. The van der Waals surface area contributed by atoms with Crippen molar-refractivity contribution in [1.82, 2.24) is 5.32 Å². The molecule has 0 heterocycles. The number of carbonyl (C=O) groups is 2. The van der Waals surface area contributed by atoms with Gasteiger partial charge in [0.25, 0.3) is 5.91 Å². The first kappa shape index (κ1) is 16.8. The van der Waals surface area contributed by atoms with Crippen LogP contribution in [0.4, 0.5) is 0 Å². The van der Waals surface area contributed by atoms with Crippen LogP contribution in [0.2, 0.25) is 0 Å². The van der Waals surface area contributed by atoms with Crippen molar-refractivity contribution < 1.29 is 28.9 Å². The number of aliphatic carboxylic acids is 1. The number of methoxy groups -OCH3 is 2. The van der Waals surface area contributed by atoms with Crippen LogP contribution in [0.1, 0.15) is 17.3 Å². The minimum atomic E-state index is -1.14. The zero-order valence-electron chi connectivity index (χ0n) is 12.2. The Labute approximate surface area is 122 Å². The maximum Gasteiger partial charge on any atom is 0.334 e. The Bertz CT molecular complexity index is 502. The number of carboxylic acids is 1. The van der Waals surface area contributed by atoms with E-state index in [-0.39, 0.29) is 6.54 Å². The van der Waals surface area contributed by atoms with Gasteiger partial charge in [-0.15, -0.1) is 0 Å². The highest BCUT2D eigenvalue weighted by molar-refractivity contribution is 5.95. The summed E-state index contributed by atoms with van der Waals surface area (Å²) >= 11 is 0. The fraction of sp³-hybridized carbons (Fsp3) is 0.429. The molecule has 1 aromatic carbocycles. The van der Waals surface area contributed by atoms with E-state index in [1.807, 2.05) is 6.92 Å². The highest BCUT2D eigenvalue weighted by atomic mass is 16.5. The molecule has 0 aliphatic rings. The number of amides is 1. The molecule has 0 bridgehead atoms. The largest absolute Gasteiger partial charge is 0.493 e. The van der Waals surface area contributed by atoms with Gasteiger partial charge in [-0.3, -0.25) is 4.79 Å². The van der Waals surface area contributed by atoms with E-state index in [1.54, 1.807) is 18.2 Å². The fourth-order valence-electron chi connectivity index (χ4n) is 1.65. The number of ether oxygens (including phenoxy) is 3. The summed E-state index contributed by atoms with van der Waals surface area (Å²) < 4.78 is 15.2. The topological polar surface area (TPSA) is 94.1 Å². The van der Waals surface area contributed by atoms with E-state index >= 15 is 0 Å². The maximum atomic E-state index is 12.0. The summed E-state index contributed by atoms with van der Waals surface area (Å²) in [6, 6.07) is 4.73. The monoisotopic (exact) mass is 297 g/mol. The van der Waals surface area contributed by atoms with Gasteiger partial charge in [-0.25, -0.2) is 4.79 Å². The Morgan fingerprint density at radius 3 is 2.52 bits per heavy atom. The molecule has 2 N–H and O–H groups in total. The molecule has 0 aromatic heterocycles. The van der Waals surface area contributed by atoms with Gasteiger partial charge in [0.1, 0.15) is 0 Å². The van der Waals surface area contributed by atoms with Gasteiger partial charge < -0.3 is 24.6 Å². The summed E-state index contributed by atoms with van der Waals surface area (Å²) in [5.41, 5.74) is 0.347. The van der Waals surface area contributed by atoms with Crippen molar-refractivity contribution in [3.63, 3.8) is 0 Å². The van der Waals surface area contributed by atoms with Crippen molar-refractivity contribution in [1.29, 1.82) is 0 Å². The number of carbonyl (C=O) groups excluding carboxylic acids is 1. The number of hydrogen-bond donors (Lipinski definition) is 2. The third-order valence-electron chi connectivity index (χ3n) is 2.73. The van der Waals surface area contributed by atoms with Crippen LogP contribution in [0.3, 0.4) is 0 Å². The summed E-state index contributed by atoms with van der Waals surface area (Å²) in [4.78, 5) is 22.8. The van der Waals surface area contributed by atoms with Crippen molar-refractivity contribution >= 4 is 11.9 Å². The van der Waals surface area contributed by atoms with Gasteiger partial charge in [-0.05, 0) is 25.1 Å². The Morgan fingerprint density at radius 2 is 2.00 bits per heavy atom. The molecule has 0 saturated carbocycles. The number of carboxylic acid groups (broad SMARTS) is 1. The van der Waals surface area contributed by atoms with Gasteiger partial charge in [-0.2, -0.15) is 0 Å². The van der Waals surface area contributed by atoms with E-state index in [1.165, 1.54) is 14.2 Å². The average molecular weight is 297 g/mol. The summed E-state index contributed by atoms with van der Waals surface area (Å²) in [5.74, 6) is -0.577. The normalized spacial score (nSPS) is 11.6. The zero-order valence-corrected chi connectivity index (χ0v) is 12.2. The lowest BCUT2D eigenvalue weighted by atomic mass is 10.2. The maximum absolute atomic E-state index is 12.0. The Balaban J connectivity index is 2.78. The van der Waals surface area contributed by atoms with Crippen LogP contribution in [0.25, 0.3) is 0 Å². The molecule has 1 atom stereocenters. The first-order valence-electron chi connectivity index (χ1n) is 6.38.